The first kappa shape index (κ1) is 12.4. The second kappa shape index (κ2) is 4.82. The monoisotopic (exact) mass is 255 g/mol. The molecule has 0 bridgehead atoms. The Labute approximate surface area is 114 Å². The molecule has 3 nitrogen and oxygen atoms in total. The van der Waals surface area contributed by atoms with Crippen molar-refractivity contribution in [2.45, 2.75) is 13.8 Å². The van der Waals surface area contributed by atoms with Gasteiger partial charge in [-0.2, -0.15) is 0 Å². The minimum Gasteiger partial charge on any atom is -0.354 e. The molecular weight excluding hydrogens is 234 g/mol. The highest BCUT2D eigenvalue weighted by atomic mass is 15.3. The van der Waals surface area contributed by atoms with E-state index in [2.05, 4.69) is 48.9 Å². The lowest BCUT2D eigenvalue weighted by atomic mass is 10.0. The second-order valence-corrected chi connectivity index (χ2v) is 5.60. The van der Waals surface area contributed by atoms with Crippen LogP contribution < -0.4 is 4.90 Å². The maximum Gasteiger partial charge on any atom is 0.136 e. The molecule has 0 amide bonds. The summed E-state index contributed by atoms with van der Waals surface area (Å²) in [5.41, 5.74) is 2.56. The predicted molar refractivity (Wildman–Crippen MR) is 80.9 cm³/mol. The van der Waals surface area contributed by atoms with Gasteiger partial charge >= 0.3 is 0 Å². The summed E-state index contributed by atoms with van der Waals surface area (Å²) in [6.45, 7) is 8.64. The van der Waals surface area contributed by atoms with Gasteiger partial charge in [0.1, 0.15) is 5.82 Å². The molecule has 1 aromatic carbocycles. The number of aryl methyl sites for hydroxylation is 2. The van der Waals surface area contributed by atoms with Gasteiger partial charge in [0.15, 0.2) is 0 Å². The van der Waals surface area contributed by atoms with Crippen molar-refractivity contribution < 1.29 is 0 Å². The molecule has 2 heterocycles. The molecule has 1 aromatic heterocycles. The predicted octanol–water partition coefficient (Wildman–Crippen LogP) is 2.60. The average Bonchev–Trinajstić information content (AvgIpc) is 2.40. The van der Waals surface area contributed by atoms with Crippen LogP contribution in [0.4, 0.5) is 5.82 Å². The van der Waals surface area contributed by atoms with Crippen LogP contribution in [0.1, 0.15) is 11.1 Å². The number of fused-ring (bicyclic) bond motifs is 1. The normalized spacial score (nSPS) is 17.1. The molecular formula is C16H21N3. The first-order valence-corrected chi connectivity index (χ1v) is 6.94. The van der Waals surface area contributed by atoms with E-state index in [1.807, 2.05) is 6.20 Å². The largest absolute Gasteiger partial charge is 0.354 e. The van der Waals surface area contributed by atoms with Crippen LogP contribution in [0.3, 0.4) is 0 Å². The van der Waals surface area contributed by atoms with Gasteiger partial charge < -0.3 is 9.80 Å². The molecule has 19 heavy (non-hydrogen) atoms. The quantitative estimate of drug-likeness (QED) is 0.781. The molecule has 3 rings (SSSR count). The number of likely N-dealkylation sites (N-methyl/N-ethyl adjacent to an activating group) is 1. The zero-order chi connectivity index (χ0) is 13.4. The molecule has 0 spiro atoms. The molecule has 1 fully saturated rings. The third-order valence-corrected chi connectivity index (χ3v) is 4.02. The van der Waals surface area contributed by atoms with Crippen molar-refractivity contribution in [2.75, 3.05) is 38.1 Å². The number of piperazine rings is 1. The summed E-state index contributed by atoms with van der Waals surface area (Å²) in [7, 11) is 2.18. The van der Waals surface area contributed by atoms with Crippen molar-refractivity contribution in [1.82, 2.24) is 9.88 Å². The zero-order valence-corrected chi connectivity index (χ0v) is 12.0. The number of rotatable bonds is 1. The van der Waals surface area contributed by atoms with Gasteiger partial charge in [0.05, 0.1) is 0 Å². The van der Waals surface area contributed by atoms with E-state index in [1.165, 1.54) is 21.9 Å². The number of pyridine rings is 1. The van der Waals surface area contributed by atoms with E-state index in [9.17, 15) is 0 Å². The van der Waals surface area contributed by atoms with Crippen molar-refractivity contribution in [1.29, 1.82) is 0 Å². The Morgan fingerprint density at radius 1 is 1.00 bits per heavy atom. The van der Waals surface area contributed by atoms with E-state index in [4.69, 9.17) is 4.98 Å². The third-order valence-electron chi connectivity index (χ3n) is 4.02. The Balaban J connectivity index is 2.08. The van der Waals surface area contributed by atoms with E-state index in [-0.39, 0.29) is 0 Å². The van der Waals surface area contributed by atoms with E-state index < -0.39 is 0 Å². The van der Waals surface area contributed by atoms with Crippen molar-refractivity contribution >= 4 is 16.6 Å². The Kier molecular flexibility index (Phi) is 3.15. The van der Waals surface area contributed by atoms with E-state index in [0.717, 1.165) is 32.0 Å². The van der Waals surface area contributed by atoms with Crippen LogP contribution in [0.25, 0.3) is 10.8 Å². The summed E-state index contributed by atoms with van der Waals surface area (Å²) in [6.07, 6.45) is 2.01. The maximum absolute atomic E-state index is 4.70. The highest BCUT2D eigenvalue weighted by Gasteiger charge is 2.17. The van der Waals surface area contributed by atoms with Crippen LogP contribution in [0.15, 0.2) is 24.4 Å². The molecule has 0 radical (unpaired) electrons. The van der Waals surface area contributed by atoms with Crippen molar-refractivity contribution in [3.63, 3.8) is 0 Å². The van der Waals surface area contributed by atoms with Gasteiger partial charge in [-0.25, -0.2) is 4.98 Å². The number of hydrogen-bond acceptors (Lipinski definition) is 3. The second-order valence-electron chi connectivity index (χ2n) is 5.60. The smallest absolute Gasteiger partial charge is 0.136 e. The van der Waals surface area contributed by atoms with E-state index >= 15 is 0 Å². The molecule has 100 valence electrons. The van der Waals surface area contributed by atoms with Crippen LogP contribution in [0.2, 0.25) is 0 Å². The Bertz CT molecular complexity index is 598. The van der Waals surface area contributed by atoms with Gasteiger partial charge in [-0.1, -0.05) is 17.7 Å². The summed E-state index contributed by atoms with van der Waals surface area (Å²) in [4.78, 5) is 9.49. The average molecular weight is 255 g/mol. The maximum atomic E-state index is 4.70. The molecule has 0 saturated carbocycles. The van der Waals surface area contributed by atoms with Gasteiger partial charge in [0, 0.05) is 37.8 Å². The van der Waals surface area contributed by atoms with Crippen LogP contribution in [-0.2, 0) is 0 Å². The van der Waals surface area contributed by atoms with Crippen molar-refractivity contribution in [2.24, 2.45) is 0 Å². The van der Waals surface area contributed by atoms with E-state index in [0.29, 0.717) is 0 Å². The summed E-state index contributed by atoms with van der Waals surface area (Å²) >= 11 is 0. The van der Waals surface area contributed by atoms with Gasteiger partial charge in [-0.3, -0.25) is 0 Å². The van der Waals surface area contributed by atoms with E-state index in [1.54, 1.807) is 0 Å². The van der Waals surface area contributed by atoms with Crippen LogP contribution in [-0.4, -0.2) is 43.1 Å². The first-order valence-electron chi connectivity index (χ1n) is 6.94. The fourth-order valence-electron chi connectivity index (χ4n) is 2.75. The topological polar surface area (TPSA) is 19.4 Å². The standard InChI is InChI=1S/C16H21N3/c1-12-4-5-14-13(2)11-17-16(15(14)10-12)19-8-6-18(3)7-9-19/h4-5,10-11H,6-9H2,1-3H3. The summed E-state index contributed by atoms with van der Waals surface area (Å²) in [5, 5.41) is 2.62. The van der Waals surface area contributed by atoms with Crippen molar-refractivity contribution in [3.8, 4) is 0 Å². The molecule has 1 aliphatic heterocycles. The highest BCUT2D eigenvalue weighted by Crippen LogP contribution is 2.28. The summed E-state index contributed by atoms with van der Waals surface area (Å²) in [6, 6.07) is 6.67. The van der Waals surface area contributed by atoms with Crippen LogP contribution >= 0.6 is 0 Å². The molecule has 0 unspecified atom stereocenters. The number of anilines is 1. The Morgan fingerprint density at radius 3 is 2.47 bits per heavy atom. The summed E-state index contributed by atoms with van der Waals surface area (Å²) < 4.78 is 0. The third kappa shape index (κ3) is 2.30. The zero-order valence-electron chi connectivity index (χ0n) is 12.0. The fourth-order valence-corrected chi connectivity index (χ4v) is 2.75. The lowest BCUT2D eigenvalue weighted by Crippen LogP contribution is -2.44. The molecule has 2 aromatic rings. The first-order chi connectivity index (χ1) is 9.15. The Morgan fingerprint density at radius 2 is 1.74 bits per heavy atom. The van der Waals surface area contributed by atoms with Gasteiger partial charge in [-0.05, 0) is 37.9 Å². The Hall–Kier alpha value is -1.61. The SMILES string of the molecule is Cc1ccc2c(C)cnc(N3CCN(C)CC3)c2c1. The molecule has 0 aliphatic carbocycles. The summed E-state index contributed by atoms with van der Waals surface area (Å²) in [5.74, 6) is 1.15. The molecule has 1 saturated heterocycles. The molecule has 1 aliphatic rings. The number of hydrogen-bond donors (Lipinski definition) is 0. The molecule has 3 heteroatoms. The van der Waals surface area contributed by atoms with Crippen LogP contribution in [0.5, 0.6) is 0 Å². The van der Waals surface area contributed by atoms with Gasteiger partial charge in [-0.15, -0.1) is 0 Å². The minimum absolute atomic E-state index is 1.07. The fraction of sp³-hybridized carbons (Fsp3) is 0.438. The van der Waals surface area contributed by atoms with Crippen LogP contribution in [0, 0.1) is 13.8 Å². The van der Waals surface area contributed by atoms with Crippen molar-refractivity contribution in [3.05, 3.63) is 35.5 Å². The number of aromatic nitrogens is 1. The lowest BCUT2D eigenvalue weighted by Gasteiger charge is -2.34. The number of benzene rings is 1. The lowest BCUT2D eigenvalue weighted by molar-refractivity contribution is 0.312. The van der Waals surface area contributed by atoms with Gasteiger partial charge in [0.2, 0.25) is 0 Å². The van der Waals surface area contributed by atoms with Gasteiger partial charge in [0.25, 0.3) is 0 Å². The number of nitrogens with zero attached hydrogens (tertiary/aromatic N) is 3. The highest BCUT2D eigenvalue weighted by molar-refractivity contribution is 5.94. The molecule has 0 atom stereocenters. The molecule has 0 N–H and O–H groups in total. The minimum atomic E-state index is 1.07.